The highest BCUT2D eigenvalue weighted by atomic mass is 32.2. The van der Waals surface area contributed by atoms with Crippen LogP contribution < -0.4 is 9.46 Å². The van der Waals surface area contributed by atoms with Crippen LogP contribution in [0.1, 0.15) is 28.7 Å². The maximum atomic E-state index is 13.4. The molecule has 7 nitrogen and oxygen atoms in total. The molecule has 1 heterocycles. The molecule has 0 aliphatic rings. The van der Waals surface area contributed by atoms with Gasteiger partial charge in [-0.25, -0.2) is 17.5 Å². The van der Waals surface area contributed by atoms with E-state index in [4.69, 9.17) is 4.74 Å². The predicted molar refractivity (Wildman–Crippen MR) is 114 cm³/mol. The maximum Gasteiger partial charge on any atom is 0.282 e. The fourth-order valence-electron chi connectivity index (χ4n) is 3.39. The first kappa shape index (κ1) is 22.1. The smallest absolute Gasteiger partial charge is 0.282 e. The first-order valence-electron chi connectivity index (χ1n) is 9.32. The van der Waals surface area contributed by atoms with Crippen molar-refractivity contribution in [1.82, 2.24) is 9.29 Å². The van der Waals surface area contributed by atoms with E-state index in [2.05, 4.69) is 6.07 Å². The molecule has 2 aromatic carbocycles. The molecule has 0 fully saturated rings. The Hall–Kier alpha value is -3.64. The van der Waals surface area contributed by atoms with Gasteiger partial charge in [0, 0.05) is 24.4 Å². The van der Waals surface area contributed by atoms with Gasteiger partial charge in [0.15, 0.2) is 0 Å². The first-order chi connectivity index (χ1) is 14.6. The molecule has 0 atom stereocenters. The van der Waals surface area contributed by atoms with Crippen LogP contribution in [0.2, 0.25) is 0 Å². The zero-order valence-corrected chi connectivity index (χ0v) is 18.0. The van der Waals surface area contributed by atoms with Crippen LogP contribution in [0.15, 0.2) is 48.5 Å². The third-order valence-electron chi connectivity index (χ3n) is 4.63. The molecule has 1 aromatic heterocycles. The number of halogens is 1. The van der Waals surface area contributed by atoms with Crippen LogP contribution in [0, 0.1) is 17.1 Å². The largest absolute Gasteiger partial charge is 0.457 e. The van der Waals surface area contributed by atoms with Gasteiger partial charge in [-0.3, -0.25) is 4.79 Å². The van der Waals surface area contributed by atoms with Gasteiger partial charge in [0.05, 0.1) is 11.8 Å². The van der Waals surface area contributed by atoms with Crippen LogP contribution in [-0.4, -0.2) is 25.1 Å². The average molecular weight is 441 g/mol. The van der Waals surface area contributed by atoms with E-state index in [1.54, 1.807) is 37.4 Å². The Bertz CT molecular complexity index is 1290. The normalized spacial score (nSPS) is 11.1. The number of rotatable bonds is 6. The van der Waals surface area contributed by atoms with E-state index < -0.39 is 21.7 Å². The molecular weight excluding hydrogens is 421 g/mol. The van der Waals surface area contributed by atoms with Gasteiger partial charge >= 0.3 is 0 Å². The van der Waals surface area contributed by atoms with Gasteiger partial charge in [0.25, 0.3) is 5.91 Å². The number of nitrogens with zero attached hydrogens (tertiary/aromatic N) is 2. The van der Waals surface area contributed by atoms with E-state index in [0.29, 0.717) is 40.3 Å². The molecule has 0 aliphatic heterocycles. The van der Waals surface area contributed by atoms with E-state index in [0.717, 1.165) is 6.26 Å². The van der Waals surface area contributed by atoms with Crippen LogP contribution in [0.3, 0.4) is 0 Å². The van der Waals surface area contributed by atoms with Crippen LogP contribution in [0.5, 0.6) is 11.5 Å². The molecule has 0 bridgehead atoms. The van der Waals surface area contributed by atoms with E-state index in [1.807, 2.05) is 11.6 Å². The maximum absolute atomic E-state index is 13.4. The summed E-state index contributed by atoms with van der Waals surface area (Å²) in [4.78, 5) is 12.7. The van der Waals surface area contributed by atoms with Gasteiger partial charge in [-0.15, -0.1) is 0 Å². The molecule has 1 amide bonds. The Morgan fingerprint density at radius 3 is 2.42 bits per heavy atom. The van der Waals surface area contributed by atoms with Gasteiger partial charge in [-0.05, 0) is 36.2 Å². The molecule has 0 unspecified atom stereocenters. The van der Waals surface area contributed by atoms with Crippen LogP contribution in [-0.2, 0) is 23.5 Å². The molecule has 0 aliphatic carbocycles. The Balaban J connectivity index is 2.07. The fourth-order valence-corrected chi connectivity index (χ4v) is 3.82. The molecule has 0 radical (unpaired) electrons. The summed E-state index contributed by atoms with van der Waals surface area (Å²) in [6.45, 7) is 1.84. The molecule has 31 heavy (non-hydrogen) atoms. The summed E-state index contributed by atoms with van der Waals surface area (Å²) in [7, 11) is -2.18. The van der Waals surface area contributed by atoms with Gasteiger partial charge in [0.1, 0.15) is 29.1 Å². The molecule has 1 N–H and O–H groups in total. The summed E-state index contributed by atoms with van der Waals surface area (Å²) >= 11 is 0. The number of amides is 1. The zero-order valence-electron chi connectivity index (χ0n) is 17.1. The number of sulfonamides is 1. The number of nitrogens with one attached hydrogen (secondary N) is 1. The number of carbonyl (C=O) groups excluding carboxylic acids is 1. The summed E-state index contributed by atoms with van der Waals surface area (Å²) < 4.78 is 45.7. The number of hydrogen-bond donors (Lipinski definition) is 1. The number of carbonyl (C=O) groups is 1. The molecule has 3 aromatic rings. The first-order valence-corrected chi connectivity index (χ1v) is 11.2. The van der Waals surface area contributed by atoms with E-state index >= 15 is 0 Å². The molecule has 0 saturated carbocycles. The Labute approximate surface area is 179 Å². The number of ether oxygens (including phenoxy) is 1. The molecule has 0 saturated heterocycles. The van der Waals surface area contributed by atoms with E-state index in [9.17, 15) is 22.9 Å². The Morgan fingerprint density at radius 1 is 1.19 bits per heavy atom. The highest BCUT2D eigenvalue weighted by molar-refractivity contribution is 7.89. The van der Waals surface area contributed by atoms with Crippen LogP contribution in [0.4, 0.5) is 4.39 Å². The highest BCUT2D eigenvalue weighted by Crippen LogP contribution is 2.34. The number of benzene rings is 2. The Kier molecular flexibility index (Phi) is 6.13. The second kappa shape index (κ2) is 8.62. The third kappa shape index (κ3) is 4.75. The number of aromatic nitrogens is 1. The van der Waals surface area contributed by atoms with Gasteiger partial charge in [0.2, 0.25) is 10.0 Å². The lowest BCUT2D eigenvalue weighted by Crippen LogP contribution is -2.31. The fraction of sp³-hybridized carbons (Fsp3) is 0.182. The minimum absolute atomic E-state index is 0.0672. The standard InChI is InChI=1S/C22H20FN3O4S/c1-4-19-18(13-24)20(21(26(19)2)22(27)25-31(3,28)29)14-8-10-16(11-9-14)30-17-7-5-6-15(23)12-17/h5-12H,4H2,1-3H3,(H,25,27). The van der Waals surface area contributed by atoms with Crippen molar-refractivity contribution in [2.75, 3.05) is 6.26 Å². The molecule has 3 rings (SSSR count). The van der Waals surface area contributed by atoms with Crippen molar-refractivity contribution < 1.29 is 22.3 Å². The summed E-state index contributed by atoms with van der Waals surface area (Å²) in [6.07, 6.45) is 1.36. The number of hydrogen-bond acceptors (Lipinski definition) is 5. The lowest BCUT2D eigenvalue weighted by Gasteiger charge is -2.10. The molecule has 0 spiro atoms. The molecule has 160 valence electrons. The lowest BCUT2D eigenvalue weighted by atomic mass is 9.99. The topological polar surface area (TPSA) is 101 Å². The van der Waals surface area contributed by atoms with Crippen molar-refractivity contribution >= 4 is 15.9 Å². The average Bonchev–Trinajstić information content (AvgIpc) is 2.98. The summed E-state index contributed by atoms with van der Waals surface area (Å²) in [5.74, 6) is -0.490. The van der Waals surface area contributed by atoms with Crippen LogP contribution in [0.25, 0.3) is 11.1 Å². The third-order valence-corrected chi connectivity index (χ3v) is 5.19. The molecule has 9 heteroatoms. The minimum Gasteiger partial charge on any atom is -0.457 e. The lowest BCUT2D eigenvalue weighted by molar-refractivity contribution is 0.0974. The zero-order chi connectivity index (χ0) is 22.8. The van der Waals surface area contributed by atoms with Gasteiger partial charge in [-0.2, -0.15) is 5.26 Å². The SMILES string of the molecule is CCc1c(C#N)c(-c2ccc(Oc3cccc(F)c3)cc2)c(C(=O)NS(C)(=O)=O)n1C. The van der Waals surface area contributed by atoms with E-state index in [-0.39, 0.29) is 5.69 Å². The summed E-state index contributed by atoms with van der Waals surface area (Å²) in [5, 5.41) is 9.75. The summed E-state index contributed by atoms with van der Waals surface area (Å²) in [5.41, 5.74) is 1.84. The quantitative estimate of drug-likeness (QED) is 0.628. The van der Waals surface area contributed by atoms with Crippen molar-refractivity contribution in [1.29, 1.82) is 5.26 Å². The van der Waals surface area contributed by atoms with Crippen molar-refractivity contribution in [2.45, 2.75) is 13.3 Å². The monoisotopic (exact) mass is 441 g/mol. The molecular formula is C22H20FN3O4S. The minimum atomic E-state index is -3.80. The van der Waals surface area contributed by atoms with Crippen molar-refractivity contribution in [2.24, 2.45) is 7.05 Å². The van der Waals surface area contributed by atoms with Gasteiger partial charge < -0.3 is 9.30 Å². The van der Waals surface area contributed by atoms with E-state index in [1.165, 1.54) is 22.8 Å². The predicted octanol–water partition coefficient (Wildman–Crippen LogP) is 3.75. The van der Waals surface area contributed by atoms with Crippen molar-refractivity contribution in [3.8, 4) is 28.7 Å². The van der Waals surface area contributed by atoms with Crippen molar-refractivity contribution in [3.63, 3.8) is 0 Å². The van der Waals surface area contributed by atoms with Gasteiger partial charge in [-0.1, -0.05) is 25.1 Å². The second-order valence-electron chi connectivity index (χ2n) is 6.86. The summed E-state index contributed by atoms with van der Waals surface area (Å²) in [6, 6.07) is 14.4. The number of nitriles is 1. The van der Waals surface area contributed by atoms with Crippen LogP contribution >= 0.6 is 0 Å². The second-order valence-corrected chi connectivity index (χ2v) is 8.61. The Morgan fingerprint density at radius 2 is 1.87 bits per heavy atom. The highest BCUT2D eigenvalue weighted by Gasteiger charge is 2.27. The van der Waals surface area contributed by atoms with Crippen molar-refractivity contribution in [3.05, 3.63) is 71.3 Å².